The Kier molecular flexibility index (Phi) is 4.74. The first kappa shape index (κ1) is 14.1. The van der Waals surface area contributed by atoms with Gasteiger partial charge in [0.2, 0.25) is 5.91 Å². The Hall–Kier alpha value is -2.33. The van der Waals surface area contributed by atoms with E-state index in [9.17, 15) is 4.79 Å². The molecule has 0 saturated heterocycles. The van der Waals surface area contributed by atoms with Gasteiger partial charge in [0.1, 0.15) is 10.9 Å². The maximum absolute atomic E-state index is 11.8. The van der Waals surface area contributed by atoms with Crippen LogP contribution in [0.1, 0.15) is 5.56 Å². The molecule has 1 amide bonds. The Labute approximate surface area is 122 Å². The number of para-hydroxylation sites is 1. The van der Waals surface area contributed by atoms with Crippen LogP contribution in [-0.4, -0.2) is 18.0 Å². The number of nitrogens with zero attached hydrogens (tertiary/aromatic N) is 1. The average molecular weight is 289 g/mol. The number of halogens is 1. The number of carbonyl (C=O) groups excluding carboxylic acids is 1. The molecule has 2 aromatic rings. The molecule has 1 N–H and O–H groups in total. The Balaban J connectivity index is 2.04. The van der Waals surface area contributed by atoms with Gasteiger partial charge < -0.3 is 10.1 Å². The molecule has 0 aliphatic rings. The molecule has 0 atom stereocenters. The van der Waals surface area contributed by atoms with Crippen molar-refractivity contribution in [1.29, 1.82) is 0 Å². The predicted octanol–water partition coefficient (Wildman–Crippen LogP) is 3.40. The fraction of sp³-hybridized carbons (Fsp3) is 0.0667. The minimum atomic E-state index is -0.250. The molecule has 102 valence electrons. The maximum atomic E-state index is 11.8. The Morgan fingerprint density at radius 2 is 2.10 bits per heavy atom. The van der Waals surface area contributed by atoms with Crippen LogP contribution in [0.3, 0.4) is 0 Å². The summed E-state index contributed by atoms with van der Waals surface area (Å²) in [5.41, 5.74) is 1.42. The summed E-state index contributed by atoms with van der Waals surface area (Å²) >= 11 is 5.67. The molecule has 1 heterocycles. The smallest absolute Gasteiger partial charge is 0.248 e. The number of ether oxygens (including phenoxy) is 1. The topological polar surface area (TPSA) is 51.2 Å². The summed E-state index contributed by atoms with van der Waals surface area (Å²) in [4.78, 5) is 15.7. The Morgan fingerprint density at radius 3 is 2.80 bits per heavy atom. The molecule has 0 unspecified atom stereocenters. The van der Waals surface area contributed by atoms with Gasteiger partial charge >= 0.3 is 0 Å². The number of benzene rings is 1. The molecule has 20 heavy (non-hydrogen) atoms. The minimum Gasteiger partial charge on any atom is -0.496 e. The van der Waals surface area contributed by atoms with E-state index in [1.165, 1.54) is 12.3 Å². The van der Waals surface area contributed by atoms with Gasteiger partial charge in [0.25, 0.3) is 0 Å². The molecule has 0 radical (unpaired) electrons. The highest BCUT2D eigenvalue weighted by Gasteiger charge is 2.00. The highest BCUT2D eigenvalue weighted by atomic mass is 35.5. The second-order valence-corrected chi connectivity index (χ2v) is 4.32. The van der Waals surface area contributed by atoms with Gasteiger partial charge in [0.15, 0.2) is 0 Å². The number of carbonyl (C=O) groups is 1. The lowest BCUT2D eigenvalue weighted by Gasteiger charge is -2.04. The van der Waals surface area contributed by atoms with Gasteiger partial charge in [-0.1, -0.05) is 29.8 Å². The molecular formula is C15H13ClN2O2. The number of aromatic nitrogens is 1. The van der Waals surface area contributed by atoms with Crippen molar-refractivity contribution < 1.29 is 9.53 Å². The van der Waals surface area contributed by atoms with Gasteiger partial charge in [0.05, 0.1) is 19.0 Å². The van der Waals surface area contributed by atoms with Gasteiger partial charge in [-0.05, 0) is 24.3 Å². The first-order valence-corrected chi connectivity index (χ1v) is 6.30. The van der Waals surface area contributed by atoms with Crippen LogP contribution in [0.4, 0.5) is 5.69 Å². The van der Waals surface area contributed by atoms with E-state index >= 15 is 0 Å². The monoisotopic (exact) mass is 288 g/mol. The third-order valence-electron chi connectivity index (χ3n) is 2.55. The summed E-state index contributed by atoms with van der Waals surface area (Å²) in [6.07, 6.45) is 4.63. The van der Waals surface area contributed by atoms with E-state index in [2.05, 4.69) is 10.3 Å². The van der Waals surface area contributed by atoms with Crippen molar-refractivity contribution in [2.75, 3.05) is 12.4 Å². The van der Waals surface area contributed by atoms with Crippen molar-refractivity contribution in [3.05, 3.63) is 59.4 Å². The van der Waals surface area contributed by atoms with E-state index < -0.39 is 0 Å². The molecule has 0 aliphatic carbocycles. The summed E-state index contributed by atoms with van der Waals surface area (Å²) in [7, 11) is 1.59. The average Bonchev–Trinajstić information content (AvgIpc) is 2.48. The molecule has 1 aromatic carbocycles. The van der Waals surface area contributed by atoms with Crippen molar-refractivity contribution in [2.45, 2.75) is 0 Å². The number of hydrogen-bond donors (Lipinski definition) is 1. The van der Waals surface area contributed by atoms with Gasteiger partial charge in [0, 0.05) is 11.6 Å². The van der Waals surface area contributed by atoms with Gasteiger partial charge in [-0.15, -0.1) is 0 Å². The standard InChI is InChI=1S/C15H13ClN2O2/c1-20-13-5-3-2-4-11(13)6-9-15(19)18-12-7-8-14(16)17-10-12/h2-10H,1H3,(H,18,19)/b9-6+. The number of hydrogen-bond acceptors (Lipinski definition) is 3. The molecule has 0 spiro atoms. The highest BCUT2D eigenvalue weighted by Crippen LogP contribution is 2.18. The van der Waals surface area contributed by atoms with E-state index in [0.29, 0.717) is 16.6 Å². The van der Waals surface area contributed by atoms with Crippen LogP contribution in [0.25, 0.3) is 6.08 Å². The zero-order valence-electron chi connectivity index (χ0n) is 10.8. The Bertz CT molecular complexity index is 624. The van der Waals surface area contributed by atoms with Crippen LogP contribution < -0.4 is 10.1 Å². The molecule has 4 nitrogen and oxygen atoms in total. The lowest BCUT2D eigenvalue weighted by atomic mass is 10.2. The lowest BCUT2D eigenvalue weighted by Crippen LogP contribution is -2.07. The Morgan fingerprint density at radius 1 is 1.30 bits per heavy atom. The number of methoxy groups -OCH3 is 1. The van der Waals surface area contributed by atoms with Crippen molar-refractivity contribution in [1.82, 2.24) is 4.98 Å². The summed E-state index contributed by atoms with van der Waals surface area (Å²) in [5, 5.41) is 3.07. The van der Waals surface area contributed by atoms with Gasteiger partial charge in [-0.3, -0.25) is 4.79 Å². The maximum Gasteiger partial charge on any atom is 0.248 e. The quantitative estimate of drug-likeness (QED) is 0.693. The first-order chi connectivity index (χ1) is 9.69. The van der Waals surface area contributed by atoms with Crippen molar-refractivity contribution in [3.8, 4) is 5.75 Å². The predicted molar refractivity (Wildman–Crippen MR) is 79.9 cm³/mol. The van der Waals surface area contributed by atoms with Crippen LogP contribution in [0.5, 0.6) is 5.75 Å². The first-order valence-electron chi connectivity index (χ1n) is 5.92. The molecule has 0 aliphatic heterocycles. The van der Waals surface area contributed by atoms with E-state index in [1.807, 2.05) is 24.3 Å². The number of rotatable bonds is 4. The zero-order chi connectivity index (χ0) is 14.4. The molecule has 2 rings (SSSR count). The van der Waals surface area contributed by atoms with Gasteiger partial charge in [-0.2, -0.15) is 0 Å². The van der Waals surface area contributed by atoms with Crippen LogP contribution in [0.2, 0.25) is 5.15 Å². The summed E-state index contributed by atoms with van der Waals surface area (Å²) in [6, 6.07) is 10.7. The lowest BCUT2D eigenvalue weighted by molar-refractivity contribution is -0.111. The third kappa shape index (κ3) is 3.83. The summed E-state index contributed by atoms with van der Waals surface area (Å²) in [6.45, 7) is 0. The third-order valence-corrected chi connectivity index (χ3v) is 2.77. The fourth-order valence-electron chi connectivity index (χ4n) is 1.60. The highest BCUT2D eigenvalue weighted by molar-refractivity contribution is 6.29. The molecule has 5 heteroatoms. The minimum absolute atomic E-state index is 0.250. The van der Waals surface area contributed by atoms with Crippen molar-refractivity contribution in [2.24, 2.45) is 0 Å². The van der Waals surface area contributed by atoms with Crippen LogP contribution >= 0.6 is 11.6 Å². The molecule has 1 aromatic heterocycles. The summed E-state index contributed by atoms with van der Waals surface area (Å²) < 4.78 is 5.20. The summed E-state index contributed by atoms with van der Waals surface area (Å²) in [5.74, 6) is 0.463. The van der Waals surface area contributed by atoms with Crippen LogP contribution in [-0.2, 0) is 4.79 Å². The fourth-order valence-corrected chi connectivity index (χ4v) is 1.72. The van der Waals surface area contributed by atoms with Crippen LogP contribution in [0.15, 0.2) is 48.7 Å². The molecule has 0 bridgehead atoms. The van der Waals surface area contributed by atoms with E-state index in [0.717, 1.165) is 5.56 Å². The van der Waals surface area contributed by atoms with E-state index in [4.69, 9.17) is 16.3 Å². The van der Waals surface area contributed by atoms with Crippen molar-refractivity contribution in [3.63, 3.8) is 0 Å². The number of amides is 1. The SMILES string of the molecule is COc1ccccc1/C=C/C(=O)Nc1ccc(Cl)nc1. The number of pyridine rings is 1. The molecular weight excluding hydrogens is 276 g/mol. The molecule has 0 saturated carbocycles. The van der Waals surface area contributed by atoms with Crippen molar-refractivity contribution >= 4 is 29.3 Å². The molecule has 0 fully saturated rings. The van der Waals surface area contributed by atoms with Gasteiger partial charge in [-0.25, -0.2) is 4.98 Å². The second-order valence-electron chi connectivity index (χ2n) is 3.93. The zero-order valence-corrected chi connectivity index (χ0v) is 11.6. The second kappa shape index (κ2) is 6.73. The number of anilines is 1. The largest absolute Gasteiger partial charge is 0.496 e. The van der Waals surface area contributed by atoms with E-state index in [-0.39, 0.29) is 5.91 Å². The normalized spacial score (nSPS) is 10.5. The number of nitrogens with one attached hydrogen (secondary N) is 1. The van der Waals surface area contributed by atoms with Crippen LogP contribution in [0, 0.1) is 0 Å². The van der Waals surface area contributed by atoms with E-state index in [1.54, 1.807) is 25.3 Å².